The lowest BCUT2D eigenvalue weighted by Crippen LogP contribution is -1.98. The highest BCUT2D eigenvalue weighted by Crippen LogP contribution is 2.31. The number of pyridine rings is 1. The summed E-state index contributed by atoms with van der Waals surface area (Å²) in [6.45, 7) is 0. The molecule has 0 bridgehead atoms. The molecular formula is C11H8BrClFN3. The third-order valence-electron chi connectivity index (χ3n) is 2.12. The van der Waals surface area contributed by atoms with Crippen LogP contribution in [0.2, 0.25) is 5.02 Å². The summed E-state index contributed by atoms with van der Waals surface area (Å²) in [6.07, 6.45) is 3.14. The van der Waals surface area contributed by atoms with Gasteiger partial charge in [-0.25, -0.2) is 4.39 Å². The van der Waals surface area contributed by atoms with Crippen LogP contribution in [0.25, 0.3) is 0 Å². The fourth-order valence-corrected chi connectivity index (χ4v) is 1.93. The van der Waals surface area contributed by atoms with Gasteiger partial charge in [-0.2, -0.15) is 0 Å². The van der Waals surface area contributed by atoms with Crippen molar-refractivity contribution in [1.29, 1.82) is 0 Å². The van der Waals surface area contributed by atoms with Gasteiger partial charge < -0.3 is 11.1 Å². The molecule has 0 saturated heterocycles. The quantitative estimate of drug-likeness (QED) is 0.881. The van der Waals surface area contributed by atoms with Gasteiger partial charge in [0, 0.05) is 11.9 Å². The largest absolute Gasteiger partial charge is 0.396 e. The van der Waals surface area contributed by atoms with E-state index in [1.165, 1.54) is 18.3 Å². The molecule has 2 aromatic rings. The molecular weight excluding hydrogens is 308 g/mol. The monoisotopic (exact) mass is 315 g/mol. The number of benzene rings is 1. The predicted molar refractivity (Wildman–Crippen MR) is 71.0 cm³/mol. The SMILES string of the molecule is Nc1cncc(Br)c1Nc1ccc(F)c(Cl)c1. The Kier molecular flexibility index (Phi) is 3.49. The van der Waals surface area contributed by atoms with Gasteiger partial charge in [-0.3, -0.25) is 4.98 Å². The first-order chi connectivity index (χ1) is 8.08. The number of anilines is 3. The number of aromatic nitrogens is 1. The summed E-state index contributed by atoms with van der Waals surface area (Å²) >= 11 is 9.01. The van der Waals surface area contributed by atoms with Crippen molar-refractivity contribution in [2.45, 2.75) is 0 Å². The smallest absolute Gasteiger partial charge is 0.141 e. The number of nitrogens with one attached hydrogen (secondary N) is 1. The Bertz CT molecular complexity index is 542. The molecule has 0 amide bonds. The van der Waals surface area contributed by atoms with Crippen LogP contribution in [-0.4, -0.2) is 4.98 Å². The van der Waals surface area contributed by atoms with Crippen LogP contribution in [0.15, 0.2) is 35.1 Å². The molecule has 0 saturated carbocycles. The predicted octanol–water partition coefficient (Wildman–Crippen LogP) is 3.96. The van der Waals surface area contributed by atoms with Crippen molar-refractivity contribution in [3.63, 3.8) is 0 Å². The van der Waals surface area contributed by atoms with Gasteiger partial charge in [0.25, 0.3) is 0 Å². The topological polar surface area (TPSA) is 50.9 Å². The van der Waals surface area contributed by atoms with Gasteiger partial charge in [-0.1, -0.05) is 11.6 Å². The normalized spacial score (nSPS) is 10.3. The maximum atomic E-state index is 13.0. The summed E-state index contributed by atoms with van der Waals surface area (Å²) in [6, 6.07) is 4.35. The molecule has 17 heavy (non-hydrogen) atoms. The first-order valence-electron chi connectivity index (χ1n) is 4.69. The van der Waals surface area contributed by atoms with E-state index >= 15 is 0 Å². The lowest BCUT2D eigenvalue weighted by molar-refractivity contribution is 0.628. The summed E-state index contributed by atoms with van der Waals surface area (Å²) in [5, 5.41) is 3.10. The lowest BCUT2D eigenvalue weighted by Gasteiger charge is -2.11. The molecule has 1 aromatic heterocycles. The Morgan fingerprint density at radius 2 is 2.12 bits per heavy atom. The third-order valence-corrected chi connectivity index (χ3v) is 3.01. The van der Waals surface area contributed by atoms with Gasteiger partial charge in [-0.15, -0.1) is 0 Å². The first kappa shape index (κ1) is 12.1. The summed E-state index contributed by atoms with van der Waals surface area (Å²) in [5.74, 6) is -0.459. The molecule has 88 valence electrons. The van der Waals surface area contributed by atoms with E-state index in [0.717, 1.165) is 4.47 Å². The zero-order valence-electron chi connectivity index (χ0n) is 8.55. The van der Waals surface area contributed by atoms with Gasteiger partial charge in [0.1, 0.15) is 5.82 Å². The Hall–Kier alpha value is -1.33. The molecule has 1 heterocycles. The van der Waals surface area contributed by atoms with Crippen molar-refractivity contribution in [3.8, 4) is 0 Å². The highest BCUT2D eigenvalue weighted by molar-refractivity contribution is 9.10. The molecule has 3 nitrogen and oxygen atoms in total. The van der Waals surface area contributed by atoms with E-state index < -0.39 is 5.82 Å². The van der Waals surface area contributed by atoms with Crippen LogP contribution in [0.4, 0.5) is 21.5 Å². The van der Waals surface area contributed by atoms with Crippen LogP contribution in [0.5, 0.6) is 0 Å². The molecule has 0 aliphatic carbocycles. The van der Waals surface area contributed by atoms with E-state index in [4.69, 9.17) is 17.3 Å². The molecule has 3 N–H and O–H groups in total. The van der Waals surface area contributed by atoms with Gasteiger partial charge in [0.2, 0.25) is 0 Å². The van der Waals surface area contributed by atoms with Crippen LogP contribution in [-0.2, 0) is 0 Å². The Labute approximate surface area is 111 Å². The molecule has 0 spiro atoms. The second kappa shape index (κ2) is 4.89. The molecule has 6 heteroatoms. The van der Waals surface area contributed by atoms with E-state index in [1.807, 2.05) is 0 Å². The van der Waals surface area contributed by atoms with Gasteiger partial charge in [0.15, 0.2) is 0 Å². The number of hydrogen-bond donors (Lipinski definition) is 2. The highest BCUT2D eigenvalue weighted by atomic mass is 79.9. The summed E-state index contributed by atoms with van der Waals surface area (Å²) in [5.41, 5.74) is 7.58. The Morgan fingerprint density at radius 1 is 1.35 bits per heavy atom. The van der Waals surface area contributed by atoms with E-state index in [9.17, 15) is 4.39 Å². The first-order valence-corrected chi connectivity index (χ1v) is 5.86. The maximum absolute atomic E-state index is 13.0. The van der Waals surface area contributed by atoms with Crippen LogP contribution >= 0.6 is 27.5 Å². The molecule has 0 atom stereocenters. The van der Waals surface area contributed by atoms with E-state index in [0.29, 0.717) is 17.1 Å². The summed E-state index contributed by atoms with van der Waals surface area (Å²) in [7, 11) is 0. The molecule has 0 aliphatic rings. The zero-order chi connectivity index (χ0) is 12.4. The van der Waals surface area contributed by atoms with Crippen molar-refractivity contribution in [2.75, 3.05) is 11.1 Å². The standard InChI is InChI=1S/C11H8BrClFN3/c12-7-4-16-5-10(15)11(7)17-6-1-2-9(14)8(13)3-6/h1-5H,15H2,(H,16,17). The highest BCUT2D eigenvalue weighted by Gasteiger charge is 2.06. The molecule has 0 fully saturated rings. The summed E-state index contributed by atoms with van der Waals surface area (Å²) < 4.78 is 13.7. The van der Waals surface area contributed by atoms with Crippen molar-refractivity contribution < 1.29 is 4.39 Å². The minimum absolute atomic E-state index is 0.0544. The molecule has 1 aromatic carbocycles. The van der Waals surface area contributed by atoms with E-state index in [1.54, 1.807) is 12.3 Å². The van der Waals surface area contributed by atoms with Crippen molar-refractivity contribution >= 4 is 44.6 Å². The second-order valence-electron chi connectivity index (χ2n) is 3.34. The molecule has 0 unspecified atom stereocenters. The van der Waals surface area contributed by atoms with Gasteiger partial charge >= 0.3 is 0 Å². The maximum Gasteiger partial charge on any atom is 0.141 e. The minimum Gasteiger partial charge on any atom is -0.396 e. The average molecular weight is 317 g/mol. The Balaban J connectivity index is 2.35. The van der Waals surface area contributed by atoms with E-state index in [-0.39, 0.29) is 5.02 Å². The number of hydrogen-bond acceptors (Lipinski definition) is 3. The second-order valence-corrected chi connectivity index (χ2v) is 4.60. The van der Waals surface area contributed by atoms with Crippen LogP contribution in [0.1, 0.15) is 0 Å². The van der Waals surface area contributed by atoms with Crippen molar-refractivity contribution in [1.82, 2.24) is 4.98 Å². The summed E-state index contributed by atoms with van der Waals surface area (Å²) in [4.78, 5) is 3.92. The number of nitrogens with two attached hydrogens (primary N) is 1. The molecule has 0 aliphatic heterocycles. The number of nitrogens with zero attached hydrogens (tertiary/aromatic N) is 1. The number of halogens is 3. The van der Waals surface area contributed by atoms with E-state index in [2.05, 4.69) is 26.2 Å². The van der Waals surface area contributed by atoms with Crippen molar-refractivity contribution in [3.05, 3.63) is 45.9 Å². The average Bonchev–Trinajstić information content (AvgIpc) is 2.28. The van der Waals surface area contributed by atoms with Crippen LogP contribution in [0.3, 0.4) is 0 Å². The minimum atomic E-state index is -0.459. The van der Waals surface area contributed by atoms with Gasteiger partial charge in [-0.05, 0) is 34.1 Å². The fraction of sp³-hybridized carbons (Fsp3) is 0. The third kappa shape index (κ3) is 2.68. The van der Waals surface area contributed by atoms with Crippen LogP contribution in [0, 0.1) is 5.82 Å². The van der Waals surface area contributed by atoms with Gasteiger partial charge in [0.05, 0.1) is 27.1 Å². The Morgan fingerprint density at radius 3 is 2.76 bits per heavy atom. The lowest BCUT2D eigenvalue weighted by atomic mass is 10.3. The molecule has 2 rings (SSSR count). The number of rotatable bonds is 2. The van der Waals surface area contributed by atoms with Crippen molar-refractivity contribution in [2.24, 2.45) is 0 Å². The molecule has 0 radical (unpaired) electrons. The van der Waals surface area contributed by atoms with Crippen LogP contribution < -0.4 is 11.1 Å². The fourth-order valence-electron chi connectivity index (χ4n) is 1.30. The zero-order valence-corrected chi connectivity index (χ0v) is 10.9. The number of nitrogen functional groups attached to an aromatic ring is 1.